The fraction of sp³-hybridized carbons (Fsp3) is 0.222. The third kappa shape index (κ3) is 4.30. The maximum Gasteiger partial charge on any atom is 0.139 e. The van der Waals surface area contributed by atoms with Crippen LogP contribution in [0, 0.1) is 0 Å². The number of nitrogens with zero attached hydrogens (tertiary/aromatic N) is 2. The number of rotatable bonds is 5. The van der Waals surface area contributed by atoms with Gasteiger partial charge < -0.3 is 4.74 Å². The molecule has 0 atom stereocenters. The van der Waals surface area contributed by atoms with E-state index in [4.69, 9.17) is 16.3 Å². The van der Waals surface area contributed by atoms with Crippen LogP contribution in [0.25, 0.3) is 10.8 Å². The average molecular weight is 429 g/mol. The molecule has 2 heterocycles. The molecule has 3 nitrogen and oxygen atoms in total. The second kappa shape index (κ2) is 8.70. The number of benzene rings is 3. The van der Waals surface area contributed by atoms with Crippen LogP contribution >= 0.6 is 11.6 Å². The SMILES string of the molecule is Clc1cc2cnccc2cc1OC1(c2ccccc2)CCN(Cc2ccccc2)CC1. The van der Waals surface area contributed by atoms with Crippen LogP contribution in [0.1, 0.15) is 24.0 Å². The van der Waals surface area contributed by atoms with Crippen molar-refractivity contribution in [2.75, 3.05) is 13.1 Å². The van der Waals surface area contributed by atoms with Crippen molar-refractivity contribution in [2.45, 2.75) is 25.0 Å². The second-order valence-corrected chi connectivity index (χ2v) is 8.64. The molecule has 3 aromatic carbocycles. The molecule has 0 saturated carbocycles. The minimum Gasteiger partial charge on any atom is -0.481 e. The number of halogens is 1. The molecule has 1 fully saturated rings. The fourth-order valence-electron chi connectivity index (χ4n) is 4.48. The number of likely N-dealkylation sites (tertiary alicyclic amines) is 1. The topological polar surface area (TPSA) is 25.4 Å². The molecular formula is C27H25ClN2O. The van der Waals surface area contributed by atoms with Crippen molar-refractivity contribution < 1.29 is 4.74 Å². The van der Waals surface area contributed by atoms with Crippen LogP contribution in [0.4, 0.5) is 0 Å². The fourth-order valence-corrected chi connectivity index (χ4v) is 4.69. The highest BCUT2D eigenvalue weighted by molar-refractivity contribution is 6.32. The van der Waals surface area contributed by atoms with Gasteiger partial charge in [0, 0.05) is 50.3 Å². The van der Waals surface area contributed by atoms with Crippen LogP contribution in [0.2, 0.25) is 5.02 Å². The zero-order valence-electron chi connectivity index (χ0n) is 17.4. The van der Waals surface area contributed by atoms with Crippen LogP contribution in [-0.2, 0) is 12.1 Å². The summed E-state index contributed by atoms with van der Waals surface area (Å²) in [4.78, 5) is 6.71. The predicted molar refractivity (Wildman–Crippen MR) is 126 cm³/mol. The van der Waals surface area contributed by atoms with Gasteiger partial charge in [0.15, 0.2) is 0 Å². The molecule has 0 N–H and O–H groups in total. The first-order valence-electron chi connectivity index (χ1n) is 10.8. The van der Waals surface area contributed by atoms with E-state index in [9.17, 15) is 0 Å². The molecule has 1 aliphatic heterocycles. The number of hydrogen-bond acceptors (Lipinski definition) is 3. The maximum absolute atomic E-state index is 6.79. The lowest BCUT2D eigenvalue weighted by Gasteiger charge is -2.42. The summed E-state index contributed by atoms with van der Waals surface area (Å²) in [7, 11) is 0. The largest absolute Gasteiger partial charge is 0.481 e. The van der Waals surface area contributed by atoms with Crippen molar-refractivity contribution in [3.8, 4) is 5.75 Å². The molecule has 1 aromatic heterocycles. The van der Waals surface area contributed by atoms with Crippen LogP contribution in [-0.4, -0.2) is 23.0 Å². The molecule has 0 unspecified atom stereocenters. The summed E-state index contributed by atoms with van der Waals surface area (Å²) in [6.45, 7) is 2.91. The summed E-state index contributed by atoms with van der Waals surface area (Å²) >= 11 is 6.64. The maximum atomic E-state index is 6.79. The highest BCUT2D eigenvalue weighted by atomic mass is 35.5. The molecule has 4 heteroatoms. The van der Waals surface area contributed by atoms with E-state index in [-0.39, 0.29) is 0 Å². The van der Waals surface area contributed by atoms with E-state index in [2.05, 4.69) is 70.5 Å². The molecule has 1 saturated heterocycles. The van der Waals surface area contributed by atoms with Crippen molar-refractivity contribution in [1.82, 2.24) is 9.88 Å². The van der Waals surface area contributed by atoms with Crippen LogP contribution in [0.3, 0.4) is 0 Å². The standard InChI is InChI=1S/C27H25ClN2O/c28-25-17-23-19-29-14-11-22(23)18-26(25)31-27(24-9-5-2-6-10-24)12-15-30(16-13-27)20-21-7-3-1-4-8-21/h1-11,14,17-19H,12-13,15-16,20H2. The zero-order chi connectivity index (χ0) is 21.1. The highest BCUT2D eigenvalue weighted by Crippen LogP contribution is 2.41. The number of aromatic nitrogens is 1. The van der Waals surface area contributed by atoms with Gasteiger partial charge in [-0.05, 0) is 34.7 Å². The molecular weight excluding hydrogens is 404 g/mol. The number of piperidine rings is 1. The van der Waals surface area contributed by atoms with Gasteiger partial charge in [-0.1, -0.05) is 72.3 Å². The molecule has 0 spiro atoms. The van der Waals surface area contributed by atoms with Crippen molar-refractivity contribution in [3.05, 3.63) is 107 Å². The quantitative estimate of drug-likeness (QED) is 0.364. The van der Waals surface area contributed by atoms with Gasteiger partial charge in [-0.25, -0.2) is 0 Å². The Hall–Kier alpha value is -2.88. The molecule has 156 valence electrons. The third-order valence-electron chi connectivity index (χ3n) is 6.21. The average Bonchev–Trinajstić information content (AvgIpc) is 2.82. The van der Waals surface area contributed by atoms with Gasteiger partial charge >= 0.3 is 0 Å². The minimum absolute atomic E-state index is 0.390. The van der Waals surface area contributed by atoms with E-state index in [1.54, 1.807) is 6.20 Å². The monoisotopic (exact) mass is 428 g/mol. The number of ether oxygens (including phenoxy) is 1. The molecule has 0 radical (unpaired) electrons. The molecule has 0 bridgehead atoms. The first kappa shape index (κ1) is 20.0. The lowest BCUT2D eigenvalue weighted by atomic mass is 9.84. The summed E-state index contributed by atoms with van der Waals surface area (Å²) in [6, 6.07) is 27.2. The summed E-state index contributed by atoms with van der Waals surface area (Å²) in [5.74, 6) is 0.737. The van der Waals surface area contributed by atoms with Gasteiger partial charge in [0.05, 0.1) is 5.02 Å². The first-order valence-corrected chi connectivity index (χ1v) is 11.1. The van der Waals surface area contributed by atoms with E-state index >= 15 is 0 Å². The van der Waals surface area contributed by atoms with Crippen LogP contribution in [0.5, 0.6) is 5.75 Å². The number of pyridine rings is 1. The van der Waals surface area contributed by atoms with Crippen molar-refractivity contribution in [3.63, 3.8) is 0 Å². The van der Waals surface area contributed by atoms with Crippen molar-refractivity contribution in [1.29, 1.82) is 0 Å². The van der Waals surface area contributed by atoms with Crippen LogP contribution < -0.4 is 4.74 Å². The molecule has 4 aromatic rings. The Kier molecular flexibility index (Phi) is 5.63. The number of hydrogen-bond donors (Lipinski definition) is 0. The van der Waals surface area contributed by atoms with Gasteiger partial charge in [0.2, 0.25) is 0 Å². The second-order valence-electron chi connectivity index (χ2n) is 8.23. The van der Waals surface area contributed by atoms with E-state index in [1.165, 1.54) is 11.1 Å². The van der Waals surface area contributed by atoms with E-state index in [1.807, 2.05) is 24.4 Å². The Morgan fingerprint density at radius 2 is 1.58 bits per heavy atom. The lowest BCUT2D eigenvalue weighted by molar-refractivity contribution is -0.00478. The van der Waals surface area contributed by atoms with Gasteiger partial charge in [-0.3, -0.25) is 9.88 Å². The van der Waals surface area contributed by atoms with Crippen molar-refractivity contribution in [2.24, 2.45) is 0 Å². The van der Waals surface area contributed by atoms with Gasteiger partial charge in [-0.15, -0.1) is 0 Å². The predicted octanol–water partition coefficient (Wildman–Crippen LogP) is 6.46. The Morgan fingerprint density at radius 3 is 2.32 bits per heavy atom. The van der Waals surface area contributed by atoms with Crippen LogP contribution in [0.15, 0.2) is 91.3 Å². The summed E-state index contributed by atoms with van der Waals surface area (Å²) in [5.41, 5.74) is 2.17. The molecule has 0 amide bonds. The van der Waals surface area contributed by atoms with E-state index in [0.717, 1.165) is 49.0 Å². The minimum atomic E-state index is -0.390. The summed E-state index contributed by atoms with van der Waals surface area (Å²) in [6.07, 6.45) is 5.46. The Morgan fingerprint density at radius 1 is 0.871 bits per heavy atom. The van der Waals surface area contributed by atoms with E-state index < -0.39 is 5.60 Å². The Balaban J connectivity index is 1.43. The Bertz CT molecular complexity index is 1160. The molecule has 0 aliphatic carbocycles. The molecule has 1 aliphatic rings. The Labute approximate surface area is 188 Å². The molecule has 5 rings (SSSR count). The van der Waals surface area contributed by atoms with Gasteiger partial charge in [0.25, 0.3) is 0 Å². The summed E-state index contributed by atoms with van der Waals surface area (Å²) < 4.78 is 6.79. The smallest absolute Gasteiger partial charge is 0.139 e. The lowest BCUT2D eigenvalue weighted by Crippen LogP contribution is -2.45. The van der Waals surface area contributed by atoms with E-state index in [0.29, 0.717) is 5.02 Å². The highest BCUT2D eigenvalue weighted by Gasteiger charge is 2.39. The van der Waals surface area contributed by atoms with Gasteiger partial charge in [0.1, 0.15) is 11.4 Å². The van der Waals surface area contributed by atoms with Gasteiger partial charge in [-0.2, -0.15) is 0 Å². The molecule has 31 heavy (non-hydrogen) atoms. The normalized spacial score (nSPS) is 16.3. The third-order valence-corrected chi connectivity index (χ3v) is 6.50. The number of fused-ring (bicyclic) bond motifs is 1. The summed E-state index contributed by atoms with van der Waals surface area (Å²) in [5, 5.41) is 2.73. The zero-order valence-corrected chi connectivity index (χ0v) is 18.1. The van der Waals surface area contributed by atoms with Crippen molar-refractivity contribution >= 4 is 22.4 Å². The first-order chi connectivity index (χ1) is 15.2.